The molecule has 0 aliphatic heterocycles. The van der Waals surface area contributed by atoms with Crippen LogP contribution in [0.2, 0.25) is 0 Å². The number of benzene rings is 2. The summed E-state index contributed by atoms with van der Waals surface area (Å²) >= 11 is 0. The molecule has 32 heavy (non-hydrogen) atoms. The molecule has 2 heterocycles. The Kier molecular flexibility index (Phi) is 5.35. The number of nitrogens with zero attached hydrogens (tertiary/aromatic N) is 3. The number of amides is 1. The first kappa shape index (κ1) is 21.4. The van der Waals surface area contributed by atoms with E-state index in [0.29, 0.717) is 28.2 Å². The van der Waals surface area contributed by atoms with Crippen molar-refractivity contribution in [2.45, 2.75) is 26.9 Å². The van der Waals surface area contributed by atoms with E-state index in [2.05, 4.69) is 15.3 Å². The zero-order valence-corrected chi connectivity index (χ0v) is 17.6. The fourth-order valence-electron chi connectivity index (χ4n) is 3.73. The minimum absolute atomic E-state index is 0.0644. The van der Waals surface area contributed by atoms with Crippen LogP contribution >= 0.6 is 0 Å². The molecule has 1 atom stereocenters. The van der Waals surface area contributed by atoms with Gasteiger partial charge in [0.05, 0.1) is 5.69 Å². The number of anilines is 2. The van der Waals surface area contributed by atoms with Crippen LogP contribution < -0.4 is 11.1 Å². The lowest BCUT2D eigenvalue weighted by molar-refractivity contribution is -0.124. The van der Waals surface area contributed by atoms with Crippen molar-refractivity contribution in [2.24, 2.45) is 0 Å². The van der Waals surface area contributed by atoms with Crippen molar-refractivity contribution >= 4 is 22.9 Å². The molecule has 0 saturated heterocycles. The summed E-state index contributed by atoms with van der Waals surface area (Å²) in [6, 6.07) is 7.72. The lowest BCUT2D eigenvalue weighted by Gasteiger charge is -2.14. The standard InChI is InChI=1S/C23H21F2N5O2/c1-11-7-18(29-23(32)21(31)14-5-4-6-15(24)8-14)17(25)9-16(11)19-20-22(26)27-10-12(2)30(20)13(3)28-19/h4-10,21,31H,1-3H3,(H2,26,27)(H,29,32)/t21-/m0/s1. The summed E-state index contributed by atoms with van der Waals surface area (Å²) in [5.74, 6) is -1.25. The Bertz CT molecular complexity index is 1370. The minimum Gasteiger partial charge on any atom is -0.382 e. The smallest absolute Gasteiger partial charge is 0.257 e. The van der Waals surface area contributed by atoms with Gasteiger partial charge in [0.2, 0.25) is 0 Å². The molecule has 0 fully saturated rings. The van der Waals surface area contributed by atoms with Gasteiger partial charge in [0.15, 0.2) is 6.10 Å². The lowest BCUT2D eigenvalue weighted by Crippen LogP contribution is -2.21. The molecule has 4 rings (SSSR count). The number of hydrogen-bond donors (Lipinski definition) is 3. The summed E-state index contributed by atoms with van der Waals surface area (Å²) in [6.07, 6.45) is -0.0183. The molecule has 4 N–H and O–H groups in total. The molecule has 0 spiro atoms. The molecule has 0 unspecified atom stereocenters. The summed E-state index contributed by atoms with van der Waals surface area (Å²) in [6.45, 7) is 5.43. The van der Waals surface area contributed by atoms with E-state index in [-0.39, 0.29) is 17.1 Å². The number of imidazole rings is 1. The molecule has 4 aromatic rings. The summed E-state index contributed by atoms with van der Waals surface area (Å²) in [4.78, 5) is 21.2. The van der Waals surface area contributed by atoms with Crippen molar-refractivity contribution in [3.63, 3.8) is 0 Å². The van der Waals surface area contributed by atoms with Gasteiger partial charge in [-0.15, -0.1) is 0 Å². The SMILES string of the molecule is Cc1cc(NC(=O)[C@@H](O)c2cccc(F)c2)c(F)cc1-c1nc(C)n2c(C)cnc(N)c12. The number of nitrogens with one attached hydrogen (secondary N) is 1. The van der Waals surface area contributed by atoms with Crippen molar-refractivity contribution in [3.8, 4) is 11.3 Å². The van der Waals surface area contributed by atoms with E-state index in [1.165, 1.54) is 30.3 Å². The Morgan fingerprint density at radius 3 is 2.66 bits per heavy atom. The largest absolute Gasteiger partial charge is 0.382 e. The van der Waals surface area contributed by atoms with E-state index < -0.39 is 23.6 Å². The summed E-state index contributed by atoms with van der Waals surface area (Å²) < 4.78 is 30.2. The molecule has 0 aliphatic carbocycles. The molecule has 164 valence electrons. The third-order valence-corrected chi connectivity index (χ3v) is 5.27. The van der Waals surface area contributed by atoms with Crippen molar-refractivity contribution in [2.75, 3.05) is 11.1 Å². The number of rotatable bonds is 4. The summed E-state index contributed by atoms with van der Waals surface area (Å²) in [5.41, 5.74) is 9.04. The number of carbonyl (C=O) groups is 1. The van der Waals surface area contributed by atoms with Crippen LogP contribution in [0.5, 0.6) is 0 Å². The first-order valence-electron chi connectivity index (χ1n) is 9.82. The van der Waals surface area contributed by atoms with E-state index >= 15 is 0 Å². The zero-order valence-electron chi connectivity index (χ0n) is 17.6. The summed E-state index contributed by atoms with van der Waals surface area (Å²) in [7, 11) is 0. The molecule has 0 saturated carbocycles. The second-order valence-electron chi connectivity index (χ2n) is 7.57. The number of aliphatic hydroxyl groups excluding tert-OH is 1. The number of aliphatic hydroxyl groups is 1. The molecule has 2 aromatic heterocycles. The number of hydrogen-bond acceptors (Lipinski definition) is 5. The third kappa shape index (κ3) is 3.67. The highest BCUT2D eigenvalue weighted by atomic mass is 19.1. The Hall–Kier alpha value is -3.85. The number of nitrogen functional groups attached to an aromatic ring is 1. The van der Waals surface area contributed by atoms with Crippen LogP contribution in [0.4, 0.5) is 20.3 Å². The van der Waals surface area contributed by atoms with Gasteiger partial charge < -0.3 is 16.2 Å². The van der Waals surface area contributed by atoms with Gasteiger partial charge in [0.25, 0.3) is 5.91 Å². The molecule has 2 aromatic carbocycles. The maximum atomic E-state index is 15.0. The predicted molar refractivity (Wildman–Crippen MR) is 117 cm³/mol. The van der Waals surface area contributed by atoms with Crippen LogP contribution in [0, 0.1) is 32.4 Å². The van der Waals surface area contributed by atoms with Crippen molar-refractivity contribution in [1.29, 1.82) is 0 Å². The molecule has 1 amide bonds. The number of nitrogens with two attached hydrogens (primary N) is 1. The average Bonchev–Trinajstić information content (AvgIpc) is 3.10. The fraction of sp³-hybridized carbons (Fsp3) is 0.174. The van der Waals surface area contributed by atoms with Crippen molar-refractivity contribution < 1.29 is 18.7 Å². The van der Waals surface area contributed by atoms with Gasteiger partial charge in [-0.1, -0.05) is 12.1 Å². The molecular formula is C23H21F2N5O2. The molecule has 7 nitrogen and oxygen atoms in total. The third-order valence-electron chi connectivity index (χ3n) is 5.27. The van der Waals surface area contributed by atoms with Gasteiger partial charge in [0, 0.05) is 17.5 Å². The fourth-order valence-corrected chi connectivity index (χ4v) is 3.73. The number of aryl methyl sites for hydroxylation is 3. The highest BCUT2D eigenvalue weighted by Crippen LogP contribution is 2.34. The van der Waals surface area contributed by atoms with Gasteiger partial charge in [-0.25, -0.2) is 18.7 Å². The van der Waals surface area contributed by atoms with E-state index in [0.717, 1.165) is 11.8 Å². The Labute approximate surface area is 182 Å². The first-order valence-corrected chi connectivity index (χ1v) is 9.82. The number of fused-ring (bicyclic) bond motifs is 1. The highest BCUT2D eigenvalue weighted by Gasteiger charge is 2.22. The van der Waals surface area contributed by atoms with E-state index in [4.69, 9.17) is 5.73 Å². The van der Waals surface area contributed by atoms with E-state index in [9.17, 15) is 18.7 Å². The molecule has 9 heteroatoms. The highest BCUT2D eigenvalue weighted by molar-refractivity contribution is 5.95. The predicted octanol–water partition coefficient (Wildman–Crippen LogP) is 3.85. The molecule has 0 bridgehead atoms. The quantitative estimate of drug-likeness (QED) is 0.450. The summed E-state index contributed by atoms with van der Waals surface area (Å²) in [5, 5.41) is 12.6. The normalized spacial score (nSPS) is 12.2. The van der Waals surface area contributed by atoms with Crippen molar-refractivity contribution in [3.05, 3.63) is 76.9 Å². The van der Waals surface area contributed by atoms with Crippen molar-refractivity contribution in [1.82, 2.24) is 14.4 Å². The number of carbonyl (C=O) groups excluding carboxylic acids is 1. The average molecular weight is 437 g/mol. The maximum absolute atomic E-state index is 15.0. The number of halogens is 2. The zero-order chi connectivity index (χ0) is 23.2. The molecule has 0 radical (unpaired) electrons. The molecular weight excluding hydrogens is 416 g/mol. The minimum atomic E-state index is -1.65. The Morgan fingerprint density at radius 1 is 1.19 bits per heavy atom. The topological polar surface area (TPSA) is 106 Å². The van der Waals surface area contributed by atoms with Gasteiger partial charge >= 0.3 is 0 Å². The maximum Gasteiger partial charge on any atom is 0.257 e. The lowest BCUT2D eigenvalue weighted by atomic mass is 10.0. The van der Waals surface area contributed by atoms with Crippen LogP contribution in [0.25, 0.3) is 16.8 Å². The van der Waals surface area contributed by atoms with Crippen LogP contribution in [-0.4, -0.2) is 25.4 Å². The van der Waals surface area contributed by atoms with Crippen LogP contribution in [0.15, 0.2) is 42.6 Å². The van der Waals surface area contributed by atoms with Crippen LogP contribution in [0.3, 0.4) is 0 Å². The van der Waals surface area contributed by atoms with Gasteiger partial charge in [0.1, 0.15) is 34.5 Å². The van der Waals surface area contributed by atoms with Gasteiger partial charge in [-0.3, -0.25) is 9.20 Å². The first-order chi connectivity index (χ1) is 15.2. The Balaban J connectivity index is 1.70. The number of aromatic nitrogens is 3. The van der Waals surface area contributed by atoms with E-state index in [1.807, 2.05) is 18.2 Å². The molecule has 0 aliphatic rings. The second kappa shape index (κ2) is 8.01. The Morgan fingerprint density at radius 2 is 1.94 bits per heavy atom. The van der Waals surface area contributed by atoms with E-state index in [1.54, 1.807) is 13.1 Å². The van der Waals surface area contributed by atoms with Crippen LogP contribution in [-0.2, 0) is 4.79 Å². The monoisotopic (exact) mass is 437 g/mol. The second-order valence-corrected chi connectivity index (χ2v) is 7.57. The van der Waals surface area contributed by atoms with Gasteiger partial charge in [-0.05, 0) is 56.2 Å². The van der Waals surface area contributed by atoms with Crippen LogP contribution in [0.1, 0.15) is 28.7 Å². The van der Waals surface area contributed by atoms with Gasteiger partial charge in [-0.2, -0.15) is 0 Å².